The first-order valence-corrected chi connectivity index (χ1v) is 9.66. The highest BCUT2D eigenvalue weighted by Crippen LogP contribution is 2.32. The van der Waals surface area contributed by atoms with E-state index in [0.717, 1.165) is 5.56 Å². The van der Waals surface area contributed by atoms with E-state index in [1.807, 2.05) is 6.07 Å². The van der Waals surface area contributed by atoms with Crippen molar-refractivity contribution in [1.29, 1.82) is 0 Å². The highest BCUT2D eigenvalue weighted by molar-refractivity contribution is 6.42. The monoisotopic (exact) mass is 408 g/mol. The molecule has 142 valence electrons. The fourth-order valence-electron chi connectivity index (χ4n) is 3.78. The summed E-state index contributed by atoms with van der Waals surface area (Å²) in [5.74, 6) is -0.433. The molecule has 2 aromatic carbocycles. The first-order chi connectivity index (χ1) is 13.0. The minimum absolute atomic E-state index is 0.0603. The van der Waals surface area contributed by atoms with Crippen LogP contribution < -0.4 is 4.90 Å². The van der Waals surface area contributed by atoms with E-state index in [1.54, 1.807) is 35.2 Å². The fourth-order valence-corrected chi connectivity index (χ4v) is 4.09. The van der Waals surface area contributed by atoms with Gasteiger partial charge in [-0.15, -0.1) is 0 Å². The SMILES string of the molecule is O=C1C(N2CCOC(c3ccc(Cl)c(Cl)c3)C2)CCN1c1ccccc1F. The van der Waals surface area contributed by atoms with E-state index in [9.17, 15) is 9.18 Å². The summed E-state index contributed by atoms with van der Waals surface area (Å²) in [6, 6.07) is 11.6. The van der Waals surface area contributed by atoms with Crippen molar-refractivity contribution in [2.24, 2.45) is 0 Å². The van der Waals surface area contributed by atoms with Crippen LogP contribution in [0.4, 0.5) is 10.1 Å². The second-order valence-electron chi connectivity index (χ2n) is 6.77. The van der Waals surface area contributed by atoms with Gasteiger partial charge in [0.1, 0.15) is 5.82 Å². The molecule has 0 radical (unpaired) electrons. The summed E-state index contributed by atoms with van der Waals surface area (Å²) >= 11 is 12.1. The minimum Gasteiger partial charge on any atom is -0.371 e. The molecule has 0 N–H and O–H groups in total. The Hall–Kier alpha value is -1.66. The molecule has 0 spiro atoms. The van der Waals surface area contributed by atoms with E-state index in [0.29, 0.717) is 48.4 Å². The number of ether oxygens (including phenoxy) is 1. The molecule has 27 heavy (non-hydrogen) atoms. The van der Waals surface area contributed by atoms with Gasteiger partial charge in [-0.25, -0.2) is 4.39 Å². The maximum atomic E-state index is 14.1. The molecule has 2 heterocycles. The van der Waals surface area contributed by atoms with Gasteiger partial charge in [-0.2, -0.15) is 0 Å². The summed E-state index contributed by atoms with van der Waals surface area (Å²) in [5.41, 5.74) is 1.28. The Morgan fingerprint density at radius 2 is 1.89 bits per heavy atom. The molecule has 1 amide bonds. The van der Waals surface area contributed by atoms with Crippen molar-refractivity contribution >= 4 is 34.8 Å². The van der Waals surface area contributed by atoms with E-state index in [4.69, 9.17) is 27.9 Å². The van der Waals surface area contributed by atoms with Crippen LogP contribution in [0, 0.1) is 5.82 Å². The molecule has 4 rings (SSSR count). The molecule has 2 aliphatic heterocycles. The highest BCUT2D eigenvalue weighted by atomic mass is 35.5. The summed E-state index contributed by atoms with van der Waals surface area (Å²) in [5, 5.41) is 0.983. The number of amides is 1. The Morgan fingerprint density at radius 3 is 2.67 bits per heavy atom. The Labute approximate surface area is 167 Å². The standard InChI is InChI=1S/C20H19Cl2FN2O2/c21-14-6-5-13(11-15(14)22)19-12-24(9-10-27-19)18-7-8-25(20(18)26)17-4-2-1-3-16(17)23/h1-6,11,18-19H,7-10,12H2. The van der Waals surface area contributed by atoms with E-state index in [-0.39, 0.29) is 23.9 Å². The van der Waals surface area contributed by atoms with E-state index in [2.05, 4.69) is 4.90 Å². The van der Waals surface area contributed by atoms with Crippen molar-refractivity contribution in [3.05, 3.63) is 63.9 Å². The maximum absolute atomic E-state index is 14.1. The third kappa shape index (κ3) is 3.69. The lowest BCUT2D eigenvalue weighted by Gasteiger charge is -2.36. The fraction of sp³-hybridized carbons (Fsp3) is 0.350. The van der Waals surface area contributed by atoms with Gasteiger partial charge in [0.2, 0.25) is 5.91 Å². The van der Waals surface area contributed by atoms with Crippen molar-refractivity contribution in [3.8, 4) is 0 Å². The van der Waals surface area contributed by atoms with Gasteiger partial charge in [0, 0.05) is 19.6 Å². The molecule has 2 unspecified atom stereocenters. The van der Waals surface area contributed by atoms with Crippen LogP contribution in [0.3, 0.4) is 0 Å². The van der Waals surface area contributed by atoms with Crippen LogP contribution in [0.2, 0.25) is 10.0 Å². The lowest BCUT2D eigenvalue weighted by Crippen LogP contribution is -2.48. The van der Waals surface area contributed by atoms with Crippen LogP contribution in [0.15, 0.2) is 42.5 Å². The quantitative estimate of drug-likeness (QED) is 0.758. The van der Waals surface area contributed by atoms with Crippen molar-refractivity contribution in [2.75, 3.05) is 31.1 Å². The third-order valence-corrected chi connectivity index (χ3v) is 5.91. The minimum atomic E-state index is -0.373. The van der Waals surface area contributed by atoms with Gasteiger partial charge >= 0.3 is 0 Å². The molecule has 2 fully saturated rings. The molecular weight excluding hydrogens is 390 g/mol. The molecule has 4 nitrogen and oxygen atoms in total. The number of para-hydroxylation sites is 1. The Bertz CT molecular complexity index is 864. The van der Waals surface area contributed by atoms with Crippen LogP contribution in [0.5, 0.6) is 0 Å². The number of carbonyl (C=O) groups is 1. The summed E-state index contributed by atoms with van der Waals surface area (Å²) in [4.78, 5) is 16.6. The summed E-state index contributed by atoms with van der Waals surface area (Å²) in [6.07, 6.45) is 0.491. The third-order valence-electron chi connectivity index (χ3n) is 5.17. The van der Waals surface area contributed by atoms with Gasteiger partial charge in [-0.3, -0.25) is 9.69 Å². The topological polar surface area (TPSA) is 32.8 Å². The Morgan fingerprint density at radius 1 is 1.07 bits per heavy atom. The number of nitrogens with zero attached hydrogens (tertiary/aromatic N) is 2. The van der Waals surface area contributed by atoms with Gasteiger partial charge in [0.15, 0.2) is 0 Å². The predicted octanol–water partition coefficient (Wildman–Crippen LogP) is 4.31. The summed E-state index contributed by atoms with van der Waals surface area (Å²) < 4.78 is 20.0. The predicted molar refractivity (Wildman–Crippen MR) is 104 cm³/mol. The number of morpholine rings is 1. The van der Waals surface area contributed by atoms with Gasteiger partial charge in [-0.05, 0) is 36.2 Å². The molecular formula is C20H19Cl2FN2O2. The van der Waals surface area contributed by atoms with Crippen molar-refractivity contribution < 1.29 is 13.9 Å². The Balaban J connectivity index is 1.49. The number of rotatable bonds is 3. The molecule has 0 aromatic heterocycles. The smallest absolute Gasteiger partial charge is 0.244 e. The summed E-state index contributed by atoms with van der Waals surface area (Å²) in [7, 11) is 0. The molecule has 0 bridgehead atoms. The zero-order valence-corrected chi connectivity index (χ0v) is 16.1. The second kappa shape index (κ2) is 7.76. The lowest BCUT2D eigenvalue weighted by atomic mass is 10.1. The van der Waals surface area contributed by atoms with Crippen LogP contribution in [0.1, 0.15) is 18.1 Å². The largest absolute Gasteiger partial charge is 0.371 e. The molecule has 2 saturated heterocycles. The van der Waals surface area contributed by atoms with Crippen LogP contribution in [-0.2, 0) is 9.53 Å². The highest BCUT2D eigenvalue weighted by Gasteiger charge is 2.39. The van der Waals surface area contributed by atoms with E-state index in [1.165, 1.54) is 6.07 Å². The van der Waals surface area contributed by atoms with Gasteiger partial charge in [-0.1, -0.05) is 41.4 Å². The van der Waals surface area contributed by atoms with Crippen molar-refractivity contribution in [1.82, 2.24) is 4.90 Å². The second-order valence-corrected chi connectivity index (χ2v) is 7.59. The maximum Gasteiger partial charge on any atom is 0.244 e. The first kappa shape index (κ1) is 18.7. The normalized spacial score (nSPS) is 23.8. The first-order valence-electron chi connectivity index (χ1n) is 8.91. The van der Waals surface area contributed by atoms with Crippen LogP contribution in [0.25, 0.3) is 0 Å². The molecule has 0 aliphatic carbocycles. The zero-order chi connectivity index (χ0) is 19.0. The number of benzene rings is 2. The number of hydrogen-bond acceptors (Lipinski definition) is 3. The molecule has 2 atom stereocenters. The lowest BCUT2D eigenvalue weighted by molar-refractivity contribution is -0.125. The molecule has 7 heteroatoms. The summed E-state index contributed by atoms with van der Waals surface area (Å²) in [6.45, 7) is 2.28. The number of carbonyl (C=O) groups excluding carboxylic acids is 1. The van der Waals surface area contributed by atoms with Crippen molar-refractivity contribution in [2.45, 2.75) is 18.6 Å². The van der Waals surface area contributed by atoms with E-state index >= 15 is 0 Å². The van der Waals surface area contributed by atoms with Crippen LogP contribution in [-0.4, -0.2) is 43.1 Å². The molecule has 2 aliphatic rings. The Kier molecular flexibility index (Phi) is 5.37. The number of halogens is 3. The van der Waals surface area contributed by atoms with Gasteiger partial charge in [0.05, 0.1) is 34.5 Å². The average Bonchev–Trinajstić information content (AvgIpc) is 3.06. The van der Waals surface area contributed by atoms with Gasteiger partial charge in [0.25, 0.3) is 0 Å². The molecule has 2 aromatic rings. The van der Waals surface area contributed by atoms with Gasteiger partial charge < -0.3 is 9.64 Å². The van der Waals surface area contributed by atoms with E-state index < -0.39 is 0 Å². The average molecular weight is 409 g/mol. The zero-order valence-electron chi connectivity index (χ0n) is 14.6. The van der Waals surface area contributed by atoms with Crippen molar-refractivity contribution in [3.63, 3.8) is 0 Å². The number of hydrogen-bond donors (Lipinski definition) is 0. The number of anilines is 1. The molecule has 0 saturated carbocycles. The van der Waals surface area contributed by atoms with Crippen LogP contribution >= 0.6 is 23.2 Å².